The summed E-state index contributed by atoms with van der Waals surface area (Å²) < 4.78 is 0. The van der Waals surface area contributed by atoms with Crippen molar-refractivity contribution < 1.29 is 9.90 Å². The van der Waals surface area contributed by atoms with Gasteiger partial charge in [0, 0.05) is 30.6 Å². The average Bonchev–Trinajstić information content (AvgIpc) is 3.00. The molecule has 1 unspecified atom stereocenters. The van der Waals surface area contributed by atoms with Crippen molar-refractivity contribution in [2.75, 3.05) is 18.4 Å². The molecule has 3 heterocycles. The molecule has 1 aliphatic rings. The molecule has 0 bridgehead atoms. The summed E-state index contributed by atoms with van der Waals surface area (Å²) in [7, 11) is 0. The van der Waals surface area contributed by atoms with E-state index in [4.69, 9.17) is 5.11 Å². The van der Waals surface area contributed by atoms with Crippen LogP contribution in [0.5, 0.6) is 0 Å². The largest absolute Gasteiger partial charge is 0.476 e. The number of hydrogen-bond donors (Lipinski definition) is 2. The van der Waals surface area contributed by atoms with Gasteiger partial charge in [-0.05, 0) is 30.4 Å². The quantitative estimate of drug-likeness (QED) is 0.879. The molecule has 2 N–H and O–H groups in total. The zero-order valence-electron chi connectivity index (χ0n) is 12.3. The van der Waals surface area contributed by atoms with Gasteiger partial charge in [-0.15, -0.1) is 11.3 Å². The van der Waals surface area contributed by atoms with Crippen LogP contribution in [-0.4, -0.2) is 45.1 Å². The van der Waals surface area contributed by atoms with Gasteiger partial charge in [-0.1, -0.05) is 0 Å². The molecule has 1 atom stereocenters. The first-order valence-electron chi connectivity index (χ1n) is 7.22. The van der Waals surface area contributed by atoms with Gasteiger partial charge in [-0.2, -0.15) is 0 Å². The van der Waals surface area contributed by atoms with Crippen LogP contribution in [-0.2, 0) is 13.0 Å². The van der Waals surface area contributed by atoms with E-state index in [0.29, 0.717) is 11.9 Å². The predicted octanol–water partition coefficient (Wildman–Crippen LogP) is 2.10. The molecule has 0 spiro atoms. The Morgan fingerprint density at radius 1 is 1.50 bits per heavy atom. The van der Waals surface area contributed by atoms with Gasteiger partial charge in [0.05, 0.1) is 12.4 Å². The van der Waals surface area contributed by atoms with E-state index in [1.165, 1.54) is 22.8 Å². The van der Waals surface area contributed by atoms with E-state index in [9.17, 15) is 4.79 Å². The first-order chi connectivity index (χ1) is 10.6. The lowest BCUT2D eigenvalue weighted by molar-refractivity contribution is 0.0690. The Hall–Kier alpha value is -1.99. The van der Waals surface area contributed by atoms with Gasteiger partial charge >= 0.3 is 5.97 Å². The molecule has 7 heteroatoms. The van der Waals surface area contributed by atoms with E-state index in [0.717, 1.165) is 26.1 Å². The molecule has 0 radical (unpaired) electrons. The summed E-state index contributed by atoms with van der Waals surface area (Å²) >= 11 is 1.84. The topological polar surface area (TPSA) is 78.3 Å². The number of hydrogen-bond acceptors (Lipinski definition) is 6. The first kappa shape index (κ1) is 14.9. The summed E-state index contributed by atoms with van der Waals surface area (Å²) in [5.74, 6) is -0.461. The second-order valence-electron chi connectivity index (χ2n) is 5.41. The van der Waals surface area contributed by atoms with Crippen molar-refractivity contribution in [2.24, 2.45) is 0 Å². The Bertz CT molecular complexity index is 656. The van der Waals surface area contributed by atoms with Gasteiger partial charge in [0.2, 0.25) is 0 Å². The molecule has 22 heavy (non-hydrogen) atoms. The molecule has 116 valence electrons. The fourth-order valence-corrected chi connectivity index (χ4v) is 3.45. The van der Waals surface area contributed by atoms with E-state index in [1.54, 1.807) is 0 Å². The number of aromatic carboxylic acids is 1. The molecule has 0 saturated heterocycles. The van der Waals surface area contributed by atoms with E-state index in [1.807, 2.05) is 11.3 Å². The van der Waals surface area contributed by atoms with E-state index in [2.05, 4.69) is 38.6 Å². The predicted molar refractivity (Wildman–Crippen MR) is 85.4 cm³/mol. The molecule has 2 aromatic rings. The third-order valence-corrected chi connectivity index (χ3v) is 4.93. The summed E-state index contributed by atoms with van der Waals surface area (Å²) in [5, 5.41) is 14.2. The van der Waals surface area contributed by atoms with Crippen molar-refractivity contribution >= 4 is 23.1 Å². The molecule has 6 nitrogen and oxygen atoms in total. The number of rotatable bonds is 5. The Morgan fingerprint density at radius 3 is 3.09 bits per heavy atom. The summed E-state index contributed by atoms with van der Waals surface area (Å²) in [6.07, 6.45) is 3.85. The van der Waals surface area contributed by atoms with Gasteiger partial charge in [0.1, 0.15) is 5.82 Å². The Morgan fingerprint density at radius 2 is 2.36 bits per heavy atom. The number of carbonyl (C=O) groups is 1. The van der Waals surface area contributed by atoms with E-state index >= 15 is 0 Å². The van der Waals surface area contributed by atoms with Crippen molar-refractivity contribution in [3.05, 3.63) is 40.0 Å². The number of nitrogens with zero attached hydrogens (tertiary/aromatic N) is 3. The lowest BCUT2D eigenvalue weighted by Gasteiger charge is -2.32. The standard InChI is InChI=1S/C15H18N4O2S/c1-10(19-4-2-13-11(9-19)3-5-22-13)6-17-14-8-16-12(7-18-14)15(20)21/h3,5,7-8,10H,2,4,6,9H2,1H3,(H,17,18)(H,20,21). The lowest BCUT2D eigenvalue weighted by atomic mass is 10.1. The second-order valence-corrected chi connectivity index (χ2v) is 6.41. The molecule has 0 amide bonds. The smallest absolute Gasteiger partial charge is 0.356 e. The Kier molecular flexibility index (Phi) is 4.35. The molecular formula is C15H18N4O2S. The monoisotopic (exact) mass is 318 g/mol. The minimum Gasteiger partial charge on any atom is -0.476 e. The van der Waals surface area contributed by atoms with Crippen LogP contribution in [0.25, 0.3) is 0 Å². The molecular weight excluding hydrogens is 300 g/mol. The van der Waals surface area contributed by atoms with Crippen molar-refractivity contribution in [3.63, 3.8) is 0 Å². The lowest BCUT2D eigenvalue weighted by Crippen LogP contribution is -2.40. The zero-order valence-corrected chi connectivity index (χ0v) is 13.1. The number of carboxylic acid groups (broad SMARTS) is 1. The van der Waals surface area contributed by atoms with Gasteiger partial charge in [0.25, 0.3) is 0 Å². The third kappa shape index (κ3) is 3.26. The van der Waals surface area contributed by atoms with Gasteiger partial charge < -0.3 is 10.4 Å². The number of aromatic nitrogens is 2. The molecule has 2 aromatic heterocycles. The minimum atomic E-state index is -1.06. The average molecular weight is 318 g/mol. The molecule has 0 aromatic carbocycles. The summed E-state index contributed by atoms with van der Waals surface area (Å²) in [5.41, 5.74) is 1.40. The highest BCUT2D eigenvalue weighted by Crippen LogP contribution is 2.25. The van der Waals surface area contributed by atoms with Crippen molar-refractivity contribution in [1.29, 1.82) is 0 Å². The maximum Gasteiger partial charge on any atom is 0.356 e. The van der Waals surface area contributed by atoms with Crippen LogP contribution in [0.2, 0.25) is 0 Å². The second kappa shape index (κ2) is 6.41. The van der Waals surface area contributed by atoms with Crippen LogP contribution < -0.4 is 5.32 Å². The molecule has 1 aliphatic heterocycles. The SMILES string of the molecule is CC(CNc1cnc(C(=O)O)cn1)N1CCc2sccc2C1. The van der Waals surface area contributed by atoms with Crippen molar-refractivity contribution in [2.45, 2.75) is 25.9 Å². The van der Waals surface area contributed by atoms with Gasteiger partial charge in [-0.3, -0.25) is 4.90 Å². The van der Waals surface area contributed by atoms with E-state index < -0.39 is 5.97 Å². The van der Waals surface area contributed by atoms with Crippen LogP contribution in [0.4, 0.5) is 5.82 Å². The molecule has 3 rings (SSSR count). The van der Waals surface area contributed by atoms with Gasteiger partial charge in [0.15, 0.2) is 5.69 Å². The number of nitrogens with one attached hydrogen (secondary N) is 1. The summed E-state index contributed by atoms with van der Waals surface area (Å²) in [6.45, 7) is 5.00. The fraction of sp³-hybridized carbons (Fsp3) is 0.400. The third-order valence-electron chi connectivity index (χ3n) is 3.91. The van der Waals surface area contributed by atoms with Crippen LogP contribution in [0.1, 0.15) is 27.9 Å². The normalized spacial score (nSPS) is 16.0. The first-order valence-corrected chi connectivity index (χ1v) is 8.10. The Balaban J connectivity index is 1.54. The van der Waals surface area contributed by atoms with Crippen LogP contribution >= 0.6 is 11.3 Å². The van der Waals surface area contributed by atoms with Crippen molar-refractivity contribution in [1.82, 2.24) is 14.9 Å². The molecule has 0 saturated carbocycles. The van der Waals surface area contributed by atoms with Crippen LogP contribution in [0.3, 0.4) is 0 Å². The highest BCUT2D eigenvalue weighted by Gasteiger charge is 2.21. The zero-order chi connectivity index (χ0) is 15.5. The van der Waals surface area contributed by atoms with Crippen molar-refractivity contribution in [3.8, 4) is 0 Å². The maximum absolute atomic E-state index is 10.7. The van der Waals surface area contributed by atoms with Gasteiger partial charge in [-0.25, -0.2) is 14.8 Å². The van der Waals surface area contributed by atoms with Crippen LogP contribution in [0, 0.1) is 0 Å². The molecule has 0 aliphatic carbocycles. The minimum absolute atomic E-state index is 0.0420. The number of fused-ring (bicyclic) bond motifs is 1. The number of carboxylic acids is 1. The number of anilines is 1. The highest BCUT2D eigenvalue weighted by atomic mass is 32.1. The summed E-state index contributed by atoms with van der Waals surface area (Å²) in [4.78, 5) is 22.6. The summed E-state index contributed by atoms with van der Waals surface area (Å²) in [6, 6.07) is 2.58. The maximum atomic E-state index is 10.7. The Labute approximate surface area is 132 Å². The van der Waals surface area contributed by atoms with Crippen LogP contribution in [0.15, 0.2) is 23.8 Å². The van der Waals surface area contributed by atoms with E-state index in [-0.39, 0.29) is 5.69 Å². The fourth-order valence-electron chi connectivity index (χ4n) is 2.56. The number of thiophene rings is 1. The highest BCUT2D eigenvalue weighted by molar-refractivity contribution is 7.10. The molecule has 0 fully saturated rings.